The van der Waals surface area contributed by atoms with Crippen LogP contribution in [0, 0.1) is 13.8 Å². The smallest absolute Gasteiger partial charge is 0.0159 e. The summed E-state index contributed by atoms with van der Waals surface area (Å²) in [6.45, 7) is 19.7. The summed E-state index contributed by atoms with van der Waals surface area (Å²) in [5.41, 5.74) is 30.2. The molecule has 3 aliphatic rings. The molecule has 0 aromatic heterocycles. The minimum Gasteiger partial charge on any atom is -0.0807 e. The Labute approximate surface area is 466 Å². The second-order valence-electron chi connectivity index (χ2n) is 21.8. The SMILES string of the molecule is CC.CCCc1c(-c2ccc(C3C=CC(C)=CC3)cc2)cccc1-c1ccccc1C.CCCc1ccc(-c2ccc3c4c(cccc24)-c2ccccc2-3)cc1.Cc1ccc2c(c1)C(C)(C)c1cc(-c3ccccc3)ccc1-2. The minimum absolute atomic E-state index is 0.0709. The van der Waals surface area contributed by atoms with Gasteiger partial charge in [0, 0.05) is 11.3 Å². The fourth-order valence-electron chi connectivity index (χ4n) is 12.2. The molecule has 10 aromatic rings. The molecule has 0 saturated heterocycles. The van der Waals surface area contributed by atoms with Crippen molar-refractivity contribution in [1.82, 2.24) is 0 Å². The first-order valence-electron chi connectivity index (χ1n) is 28.8. The maximum absolute atomic E-state index is 2.38. The average Bonchev–Trinajstić information content (AvgIpc) is 4.04. The lowest BCUT2D eigenvalue weighted by Crippen LogP contribution is -2.15. The molecule has 0 nitrogen and oxygen atoms in total. The van der Waals surface area contributed by atoms with Crippen LogP contribution in [0.3, 0.4) is 0 Å². The Hall–Kier alpha value is -8.06. The van der Waals surface area contributed by atoms with E-state index in [4.69, 9.17) is 0 Å². The molecular formula is C78H76. The van der Waals surface area contributed by atoms with E-state index in [-0.39, 0.29) is 5.41 Å². The van der Waals surface area contributed by atoms with Crippen LogP contribution in [0.1, 0.15) is 113 Å². The number of benzene rings is 10. The van der Waals surface area contributed by atoms with E-state index in [0.717, 1.165) is 25.7 Å². The molecule has 0 heterocycles. The molecule has 388 valence electrons. The van der Waals surface area contributed by atoms with E-state index in [1.165, 1.54) is 140 Å². The molecule has 0 radical (unpaired) electrons. The zero-order valence-electron chi connectivity index (χ0n) is 47.6. The first kappa shape index (κ1) is 53.3. The molecule has 13 rings (SSSR count). The van der Waals surface area contributed by atoms with E-state index < -0.39 is 0 Å². The van der Waals surface area contributed by atoms with Crippen molar-refractivity contribution in [3.05, 3.63) is 275 Å². The molecule has 1 atom stereocenters. The van der Waals surface area contributed by atoms with Crippen molar-refractivity contribution in [3.8, 4) is 77.9 Å². The van der Waals surface area contributed by atoms with Crippen LogP contribution in [0.2, 0.25) is 0 Å². The maximum atomic E-state index is 2.38. The van der Waals surface area contributed by atoms with Crippen LogP contribution in [-0.2, 0) is 18.3 Å². The largest absolute Gasteiger partial charge is 0.0807 e. The highest BCUT2D eigenvalue weighted by atomic mass is 14.4. The molecule has 3 aliphatic carbocycles. The average molecular weight is 1010 g/mol. The third-order valence-corrected chi connectivity index (χ3v) is 16.3. The summed E-state index contributed by atoms with van der Waals surface area (Å²) in [5, 5.41) is 2.76. The third-order valence-electron chi connectivity index (χ3n) is 16.3. The van der Waals surface area contributed by atoms with Gasteiger partial charge in [-0.25, -0.2) is 0 Å². The minimum atomic E-state index is 0.0709. The van der Waals surface area contributed by atoms with Crippen molar-refractivity contribution in [2.75, 3.05) is 0 Å². The van der Waals surface area contributed by atoms with Crippen molar-refractivity contribution < 1.29 is 0 Å². The Morgan fingerprint density at radius 3 is 1.64 bits per heavy atom. The summed E-state index contributed by atoms with van der Waals surface area (Å²) in [4.78, 5) is 0. The summed E-state index contributed by atoms with van der Waals surface area (Å²) >= 11 is 0. The van der Waals surface area contributed by atoms with E-state index in [1.807, 2.05) is 13.8 Å². The quantitative estimate of drug-likeness (QED) is 0.135. The van der Waals surface area contributed by atoms with E-state index in [9.17, 15) is 0 Å². The van der Waals surface area contributed by atoms with E-state index in [2.05, 4.69) is 279 Å². The lowest BCUT2D eigenvalue weighted by molar-refractivity contribution is 0.660. The van der Waals surface area contributed by atoms with Gasteiger partial charge < -0.3 is 0 Å². The lowest BCUT2D eigenvalue weighted by Gasteiger charge is -2.22. The first-order valence-corrected chi connectivity index (χ1v) is 28.8. The molecule has 0 saturated carbocycles. The van der Waals surface area contributed by atoms with Crippen molar-refractivity contribution in [2.45, 2.75) is 106 Å². The van der Waals surface area contributed by atoms with Crippen LogP contribution in [-0.4, -0.2) is 0 Å². The van der Waals surface area contributed by atoms with Gasteiger partial charge in [0.2, 0.25) is 0 Å². The fourth-order valence-corrected chi connectivity index (χ4v) is 12.2. The van der Waals surface area contributed by atoms with Crippen LogP contribution in [0.4, 0.5) is 0 Å². The van der Waals surface area contributed by atoms with Crippen LogP contribution in [0.25, 0.3) is 88.7 Å². The molecule has 78 heavy (non-hydrogen) atoms. The van der Waals surface area contributed by atoms with Crippen molar-refractivity contribution in [2.24, 2.45) is 0 Å². The van der Waals surface area contributed by atoms with Crippen LogP contribution < -0.4 is 0 Å². The Balaban J connectivity index is 0.000000131. The second kappa shape index (κ2) is 23.7. The van der Waals surface area contributed by atoms with E-state index in [0.29, 0.717) is 5.92 Å². The van der Waals surface area contributed by atoms with Gasteiger partial charge in [0.25, 0.3) is 0 Å². The molecule has 1 unspecified atom stereocenters. The predicted octanol–water partition coefficient (Wildman–Crippen LogP) is 22.4. The van der Waals surface area contributed by atoms with Gasteiger partial charge in [0.15, 0.2) is 0 Å². The molecule has 0 aliphatic heterocycles. The van der Waals surface area contributed by atoms with Gasteiger partial charge in [-0.2, -0.15) is 0 Å². The van der Waals surface area contributed by atoms with Gasteiger partial charge in [0.05, 0.1) is 0 Å². The number of aryl methyl sites for hydroxylation is 3. The predicted molar refractivity (Wildman–Crippen MR) is 340 cm³/mol. The molecule has 0 fully saturated rings. The maximum Gasteiger partial charge on any atom is 0.0159 e. The Bertz CT molecular complexity index is 3750. The van der Waals surface area contributed by atoms with Gasteiger partial charge in [-0.1, -0.05) is 290 Å². The van der Waals surface area contributed by atoms with E-state index >= 15 is 0 Å². The Morgan fingerprint density at radius 1 is 0.423 bits per heavy atom. The highest BCUT2D eigenvalue weighted by Gasteiger charge is 2.35. The third kappa shape index (κ3) is 10.7. The van der Waals surface area contributed by atoms with Gasteiger partial charge in [-0.05, 0) is 168 Å². The normalized spacial score (nSPS) is 13.9. The standard InChI is InChI=1S/C29H30.C25H20.C22H20.C2H6/c1-4-8-28-27(11-7-12-29(28)26-10-6-5-9-22(26)3)25-19-17-24(18-20-25)23-15-13-21(2)14-16-23;1-2-6-17-11-13-18(14-12-17)19-15-16-24-21-8-4-3-7-20(21)23-10-5-9-22(19)25(23)24;1-15-9-11-18-19-12-10-17(16-7-5-4-6-8-16)14-21(19)22(2,3)20(18)13-15;1-2/h5-7,9-15,17-20,23H,4,8,16H2,1-3H3;3-5,7-16H,2,6H2,1H3;4-14H,1-3H3;1-2H3. The molecule has 0 spiro atoms. The summed E-state index contributed by atoms with van der Waals surface area (Å²) < 4.78 is 0. The summed E-state index contributed by atoms with van der Waals surface area (Å²) in [5.74, 6) is 0.501. The zero-order chi connectivity index (χ0) is 54.3. The summed E-state index contributed by atoms with van der Waals surface area (Å²) in [7, 11) is 0. The molecular weight excluding hydrogens is 937 g/mol. The van der Waals surface area contributed by atoms with Gasteiger partial charge in [-0.15, -0.1) is 0 Å². The molecule has 0 amide bonds. The second-order valence-corrected chi connectivity index (χ2v) is 21.8. The summed E-state index contributed by atoms with van der Waals surface area (Å²) in [6, 6.07) is 78.3. The zero-order valence-corrected chi connectivity index (χ0v) is 47.6. The van der Waals surface area contributed by atoms with Crippen LogP contribution in [0.15, 0.2) is 236 Å². The topological polar surface area (TPSA) is 0 Å². The van der Waals surface area contributed by atoms with Gasteiger partial charge in [-0.3, -0.25) is 0 Å². The number of rotatable bonds is 9. The molecule has 10 aromatic carbocycles. The first-order chi connectivity index (χ1) is 38.1. The van der Waals surface area contributed by atoms with Gasteiger partial charge >= 0.3 is 0 Å². The van der Waals surface area contributed by atoms with Crippen LogP contribution in [0.5, 0.6) is 0 Å². The highest BCUT2D eigenvalue weighted by Crippen LogP contribution is 2.51. The van der Waals surface area contributed by atoms with Crippen molar-refractivity contribution in [1.29, 1.82) is 0 Å². The summed E-state index contributed by atoms with van der Waals surface area (Å²) in [6.07, 6.45) is 12.6. The Kier molecular flexibility index (Phi) is 16.2. The molecule has 0 bridgehead atoms. The fraction of sp³-hybridized carbons (Fsp3) is 0.205. The number of allylic oxidation sites excluding steroid dienone is 4. The number of fused-ring (bicyclic) bond motifs is 6. The van der Waals surface area contributed by atoms with Crippen molar-refractivity contribution >= 4 is 10.8 Å². The van der Waals surface area contributed by atoms with Gasteiger partial charge in [0.1, 0.15) is 0 Å². The number of hydrogen-bond donors (Lipinski definition) is 0. The molecule has 0 heteroatoms. The lowest BCUT2D eigenvalue weighted by atomic mass is 9.81. The van der Waals surface area contributed by atoms with Crippen molar-refractivity contribution in [3.63, 3.8) is 0 Å². The monoisotopic (exact) mass is 1010 g/mol. The van der Waals surface area contributed by atoms with E-state index in [1.54, 1.807) is 0 Å². The Morgan fingerprint density at radius 2 is 0.962 bits per heavy atom. The van der Waals surface area contributed by atoms with Crippen LogP contribution >= 0.6 is 0 Å². The molecule has 0 N–H and O–H groups in total. The number of hydrogen-bond acceptors (Lipinski definition) is 0. The highest BCUT2D eigenvalue weighted by molar-refractivity contribution is 6.18.